The number of sulfonamides is 1. The van der Waals surface area contributed by atoms with E-state index in [1.54, 1.807) is 6.20 Å². The summed E-state index contributed by atoms with van der Waals surface area (Å²) >= 11 is 0. The fourth-order valence-corrected chi connectivity index (χ4v) is 8.66. The van der Waals surface area contributed by atoms with Gasteiger partial charge in [0.1, 0.15) is 11.9 Å². The summed E-state index contributed by atoms with van der Waals surface area (Å²) in [7, 11) is -3.80. The third kappa shape index (κ3) is 7.56. The van der Waals surface area contributed by atoms with Gasteiger partial charge in [-0.25, -0.2) is 13.4 Å². The van der Waals surface area contributed by atoms with Crippen LogP contribution in [0.15, 0.2) is 30.5 Å². The molecule has 2 aromatic rings. The van der Waals surface area contributed by atoms with Crippen LogP contribution in [0.3, 0.4) is 0 Å². The van der Waals surface area contributed by atoms with Gasteiger partial charge in [-0.15, -0.1) is 0 Å². The molecule has 2 saturated carbocycles. The van der Waals surface area contributed by atoms with E-state index in [0.717, 1.165) is 10.8 Å². The van der Waals surface area contributed by atoms with Crippen molar-refractivity contribution in [3.63, 3.8) is 0 Å². The first kappa shape index (κ1) is 35.1. The SMILES string of the molecule is CC[C@@H]1C[C@]1(CC(=O)C1C[C@@H]2CN1C(=O)[C@H](C(C)(C)C)CC(=O)OCCCCOc1ccc3ccnc(c3c1)O2)C(=O)NS(=O)(=O)C1CC1. The summed E-state index contributed by atoms with van der Waals surface area (Å²) in [6, 6.07) is 6.55. The van der Waals surface area contributed by atoms with Gasteiger partial charge in [-0.3, -0.25) is 23.9 Å². The highest BCUT2D eigenvalue weighted by molar-refractivity contribution is 7.90. The summed E-state index contributed by atoms with van der Waals surface area (Å²) in [5.41, 5.74) is -1.80. The number of pyridine rings is 1. The van der Waals surface area contributed by atoms with Gasteiger partial charge in [-0.05, 0) is 67.0 Å². The first-order valence-corrected chi connectivity index (χ1v) is 19.0. The molecule has 2 aliphatic heterocycles. The molecule has 1 aromatic carbocycles. The molecule has 1 unspecified atom stereocenters. The molecule has 5 atom stereocenters. The monoisotopic (exact) mass is 697 g/mol. The van der Waals surface area contributed by atoms with E-state index < -0.39 is 56.0 Å². The maximum Gasteiger partial charge on any atom is 0.306 e. The van der Waals surface area contributed by atoms with E-state index in [1.165, 1.54) is 4.90 Å². The molecule has 3 heterocycles. The van der Waals surface area contributed by atoms with Gasteiger partial charge in [0, 0.05) is 24.4 Å². The Morgan fingerprint density at radius 2 is 1.82 bits per heavy atom. The van der Waals surface area contributed by atoms with Crippen LogP contribution >= 0.6 is 0 Å². The maximum absolute atomic E-state index is 14.5. The van der Waals surface area contributed by atoms with Gasteiger partial charge in [-0.1, -0.05) is 40.2 Å². The Labute approximate surface area is 287 Å². The smallest absolute Gasteiger partial charge is 0.306 e. The molecule has 1 saturated heterocycles. The number of hydrogen-bond donors (Lipinski definition) is 1. The molecule has 49 heavy (non-hydrogen) atoms. The fraction of sp³-hybridized carbons (Fsp3) is 0.639. The van der Waals surface area contributed by atoms with Crippen molar-refractivity contribution in [2.24, 2.45) is 22.7 Å². The molecule has 6 rings (SSSR count). The van der Waals surface area contributed by atoms with E-state index in [2.05, 4.69) is 9.71 Å². The van der Waals surface area contributed by atoms with Gasteiger partial charge in [0.2, 0.25) is 27.7 Å². The van der Waals surface area contributed by atoms with Gasteiger partial charge in [0.15, 0.2) is 5.78 Å². The lowest BCUT2D eigenvalue weighted by Crippen LogP contribution is -2.48. The number of ketones is 1. The second-order valence-electron chi connectivity index (χ2n) is 15.2. The fourth-order valence-electron chi connectivity index (χ4n) is 7.28. The zero-order valence-electron chi connectivity index (χ0n) is 28.7. The molecule has 0 radical (unpaired) electrons. The molecule has 1 N–H and O–H groups in total. The lowest BCUT2D eigenvalue weighted by molar-refractivity contribution is -0.153. The standard InChI is InChI=1S/C36H47N3O9S/c1-5-23-19-36(23,34(43)38-49(44,45)26-10-11-26)20-30(40)29-17-25-21-39(29)33(42)28(35(2,3)4)18-31(41)47-15-7-6-14-46-24-9-8-22-12-13-37-32(48-25)27(22)16-24/h8-9,12-13,16,23,25-26,28-29H,5-7,10-11,14-15,17-21H2,1-4H3,(H,38,43)/t23-,25-,28-,29?,36-/m1/s1. The molecule has 266 valence electrons. The number of aromatic nitrogens is 1. The van der Waals surface area contributed by atoms with E-state index in [-0.39, 0.29) is 50.0 Å². The molecule has 1 aromatic heterocycles. The Kier molecular flexibility index (Phi) is 9.69. The van der Waals surface area contributed by atoms with E-state index in [0.29, 0.717) is 56.8 Å². The second kappa shape index (κ2) is 13.5. The summed E-state index contributed by atoms with van der Waals surface area (Å²) in [6.07, 6.45) is 4.08. The number of rotatable bonds is 7. The third-order valence-corrected chi connectivity index (χ3v) is 12.4. The number of esters is 1. The van der Waals surface area contributed by atoms with E-state index in [1.807, 2.05) is 52.0 Å². The number of nitrogens with zero attached hydrogens (tertiary/aromatic N) is 2. The van der Waals surface area contributed by atoms with Crippen molar-refractivity contribution in [2.75, 3.05) is 19.8 Å². The van der Waals surface area contributed by atoms with Gasteiger partial charge < -0.3 is 19.1 Å². The number of Topliss-reactive ketones (excluding diaryl/α,β-unsaturated/α-hetero) is 1. The summed E-state index contributed by atoms with van der Waals surface area (Å²) < 4.78 is 45.6. The minimum Gasteiger partial charge on any atom is -0.494 e. The predicted octanol–water partition coefficient (Wildman–Crippen LogP) is 4.34. The van der Waals surface area contributed by atoms with Crippen molar-refractivity contribution >= 4 is 44.4 Å². The molecule has 4 aliphatic rings. The molecular formula is C36H47N3O9S. The number of carbonyl (C=O) groups excluding carboxylic acids is 4. The zero-order chi connectivity index (χ0) is 35.1. The Morgan fingerprint density at radius 1 is 1.08 bits per heavy atom. The van der Waals surface area contributed by atoms with Gasteiger partial charge in [0.25, 0.3) is 0 Å². The van der Waals surface area contributed by atoms with Gasteiger partial charge in [0.05, 0.1) is 48.8 Å². The van der Waals surface area contributed by atoms with Crippen LogP contribution in [0.5, 0.6) is 11.6 Å². The van der Waals surface area contributed by atoms with Crippen molar-refractivity contribution in [1.82, 2.24) is 14.6 Å². The van der Waals surface area contributed by atoms with Crippen LogP contribution < -0.4 is 14.2 Å². The molecule has 3 fully saturated rings. The molecular weight excluding hydrogens is 650 g/mol. The minimum atomic E-state index is -3.80. The highest BCUT2D eigenvalue weighted by atomic mass is 32.2. The molecule has 2 aliphatic carbocycles. The maximum atomic E-state index is 14.5. The topological polar surface area (TPSA) is 158 Å². The van der Waals surface area contributed by atoms with Crippen LogP contribution in [-0.2, 0) is 33.9 Å². The number of nitrogens with one attached hydrogen (secondary N) is 1. The van der Waals surface area contributed by atoms with E-state index in [4.69, 9.17) is 14.2 Å². The Bertz CT molecular complexity index is 1730. The normalized spacial score (nSPS) is 28.2. The van der Waals surface area contributed by atoms with Crippen LogP contribution in [0, 0.1) is 22.7 Å². The summed E-state index contributed by atoms with van der Waals surface area (Å²) in [5.74, 6) is -1.81. The van der Waals surface area contributed by atoms with E-state index >= 15 is 0 Å². The Morgan fingerprint density at radius 3 is 2.49 bits per heavy atom. The van der Waals surface area contributed by atoms with Crippen LogP contribution in [0.4, 0.5) is 0 Å². The van der Waals surface area contributed by atoms with Gasteiger partial charge >= 0.3 is 5.97 Å². The third-order valence-electron chi connectivity index (χ3n) is 10.5. The number of fused-ring (bicyclic) bond motifs is 3. The van der Waals surface area contributed by atoms with Crippen molar-refractivity contribution < 1.29 is 41.8 Å². The summed E-state index contributed by atoms with van der Waals surface area (Å²) in [5, 5.41) is 1.04. The highest BCUT2D eigenvalue weighted by Gasteiger charge is 2.61. The molecule has 0 spiro atoms. The van der Waals surface area contributed by atoms with Crippen LogP contribution in [0.25, 0.3) is 10.8 Å². The number of hydrogen-bond acceptors (Lipinski definition) is 10. The van der Waals surface area contributed by atoms with Crippen LogP contribution in [-0.4, -0.2) is 79.0 Å². The quantitative estimate of drug-likeness (QED) is 0.413. The Balaban J connectivity index is 1.32. The lowest BCUT2D eigenvalue weighted by Gasteiger charge is -2.34. The molecule has 2 amide bonds. The average Bonchev–Trinajstić information content (AvgIpc) is 3.97. The predicted molar refractivity (Wildman–Crippen MR) is 180 cm³/mol. The van der Waals surface area contributed by atoms with Crippen LogP contribution in [0.1, 0.15) is 85.5 Å². The summed E-state index contributed by atoms with van der Waals surface area (Å²) in [6.45, 7) is 8.23. The van der Waals surface area contributed by atoms with Crippen LogP contribution in [0.2, 0.25) is 0 Å². The first-order chi connectivity index (χ1) is 23.2. The molecule has 13 heteroatoms. The molecule has 4 bridgehead atoms. The van der Waals surface area contributed by atoms with Crippen molar-refractivity contribution in [3.05, 3.63) is 30.5 Å². The number of carbonyl (C=O) groups is 4. The van der Waals surface area contributed by atoms with Crippen molar-refractivity contribution in [1.29, 1.82) is 0 Å². The Hall–Kier alpha value is -3.74. The summed E-state index contributed by atoms with van der Waals surface area (Å²) in [4.78, 5) is 61.3. The zero-order valence-corrected chi connectivity index (χ0v) is 29.6. The first-order valence-electron chi connectivity index (χ1n) is 17.4. The van der Waals surface area contributed by atoms with E-state index in [9.17, 15) is 27.6 Å². The second-order valence-corrected chi connectivity index (χ2v) is 17.1. The lowest BCUT2D eigenvalue weighted by atomic mass is 9.77. The number of amides is 2. The highest BCUT2D eigenvalue weighted by Crippen LogP contribution is 2.58. The largest absolute Gasteiger partial charge is 0.494 e. The van der Waals surface area contributed by atoms with Crippen molar-refractivity contribution in [3.8, 4) is 11.6 Å². The minimum absolute atomic E-state index is 0.0671. The molecule has 12 nitrogen and oxygen atoms in total. The number of benzene rings is 1. The number of ether oxygens (including phenoxy) is 3. The average molecular weight is 698 g/mol. The number of cyclic esters (lactones) is 1. The van der Waals surface area contributed by atoms with Gasteiger partial charge in [-0.2, -0.15) is 0 Å². The van der Waals surface area contributed by atoms with Crippen molar-refractivity contribution in [2.45, 2.75) is 103 Å².